The van der Waals surface area contributed by atoms with Gasteiger partial charge in [0.05, 0.1) is 19.1 Å². The first-order valence-electron chi connectivity index (χ1n) is 11.4. The lowest BCUT2D eigenvalue weighted by molar-refractivity contribution is -0.384. The fraction of sp³-hybridized carbons (Fsp3) is 0.143. The molecule has 9 nitrogen and oxygen atoms in total. The normalized spacial score (nSPS) is 17.4. The molecule has 0 amide bonds. The maximum absolute atomic E-state index is 13.3. The Morgan fingerprint density at radius 1 is 0.947 bits per heavy atom. The molecule has 1 heterocycles. The first kappa shape index (κ1) is 26.8. The summed E-state index contributed by atoms with van der Waals surface area (Å²) in [5.74, 6) is -1.58. The van der Waals surface area contributed by atoms with Crippen LogP contribution in [0.15, 0.2) is 101 Å². The van der Waals surface area contributed by atoms with Gasteiger partial charge in [-0.25, -0.2) is 9.59 Å². The lowest BCUT2D eigenvalue weighted by Crippen LogP contribution is -2.46. The van der Waals surface area contributed by atoms with E-state index in [9.17, 15) is 19.7 Å². The van der Waals surface area contributed by atoms with Crippen LogP contribution in [0.5, 0.6) is 0 Å². The molecule has 0 aliphatic carbocycles. The molecule has 0 fully saturated rings. The molecule has 3 aromatic rings. The maximum atomic E-state index is 13.3. The molecule has 3 aromatic carbocycles. The van der Waals surface area contributed by atoms with Crippen LogP contribution in [0.25, 0.3) is 6.08 Å². The third-order valence-electron chi connectivity index (χ3n) is 5.84. The van der Waals surface area contributed by atoms with E-state index in [1.807, 2.05) is 36.4 Å². The second-order valence-corrected chi connectivity index (χ2v) is 9.03. The minimum absolute atomic E-state index is 0.0704. The van der Waals surface area contributed by atoms with Crippen molar-refractivity contribution in [1.82, 2.24) is 0 Å². The smallest absolute Gasteiger partial charge is 0.355 e. The number of nitro benzene ring substituents is 1. The first-order valence-corrected chi connectivity index (χ1v) is 12.2. The summed E-state index contributed by atoms with van der Waals surface area (Å²) in [4.78, 5) is 38.7. The van der Waals surface area contributed by atoms with Gasteiger partial charge in [0.2, 0.25) is 0 Å². The van der Waals surface area contributed by atoms with Crippen LogP contribution in [-0.4, -0.2) is 37.3 Å². The first-order chi connectivity index (χ1) is 18.3. The molecule has 10 heteroatoms. The van der Waals surface area contributed by atoms with Crippen LogP contribution in [0, 0.1) is 10.1 Å². The highest BCUT2D eigenvalue weighted by molar-refractivity contribution is 9.10. The summed E-state index contributed by atoms with van der Waals surface area (Å²) in [5.41, 5.74) is 1.57. The van der Waals surface area contributed by atoms with E-state index >= 15 is 0 Å². The van der Waals surface area contributed by atoms with Crippen LogP contribution in [0.4, 0.5) is 11.4 Å². The Labute approximate surface area is 227 Å². The Hall–Kier alpha value is -4.28. The van der Waals surface area contributed by atoms with Gasteiger partial charge in [0.25, 0.3) is 5.69 Å². The van der Waals surface area contributed by atoms with Crippen molar-refractivity contribution in [1.29, 1.82) is 0 Å². The van der Waals surface area contributed by atoms with Crippen molar-refractivity contribution in [3.05, 3.63) is 122 Å². The summed E-state index contributed by atoms with van der Waals surface area (Å²) in [6.45, 7) is 0. The molecule has 4 rings (SSSR count). The Morgan fingerprint density at radius 3 is 2.16 bits per heavy atom. The van der Waals surface area contributed by atoms with E-state index in [1.54, 1.807) is 35.2 Å². The van der Waals surface area contributed by atoms with Gasteiger partial charge in [0, 0.05) is 22.3 Å². The van der Waals surface area contributed by atoms with E-state index in [0.717, 1.165) is 10.0 Å². The van der Waals surface area contributed by atoms with Crippen LogP contribution in [0.1, 0.15) is 17.2 Å². The Morgan fingerprint density at radius 2 is 1.58 bits per heavy atom. The molecule has 0 saturated heterocycles. The topological polar surface area (TPSA) is 108 Å². The van der Waals surface area contributed by atoms with Gasteiger partial charge in [-0.15, -0.1) is 0 Å². The van der Waals surface area contributed by atoms with Gasteiger partial charge < -0.3 is 19.1 Å². The van der Waals surface area contributed by atoms with Gasteiger partial charge in [0.15, 0.2) is 6.23 Å². The third-order valence-corrected chi connectivity index (χ3v) is 6.37. The summed E-state index contributed by atoms with van der Waals surface area (Å²) in [7, 11) is 2.41. The van der Waals surface area contributed by atoms with E-state index in [4.69, 9.17) is 14.2 Å². The molecule has 0 unspecified atom stereocenters. The van der Waals surface area contributed by atoms with E-state index in [2.05, 4.69) is 15.9 Å². The molecule has 194 valence electrons. The van der Waals surface area contributed by atoms with Gasteiger partial charge >= 0.3 is 11.9 Å². The number of non-ortho nitro benzene ring substituents is 1. The minimum atomic E-state index is -1.09. The van der Waals surface area contributed by atoms with Crippen molar-refractivity contribution in [2.75, 3.05) is 19.1 Å². The summed E-state index contributed by atoms with van der Waals surface area (Å²) in [6, 6.07) is 22.2. The number of anilines is 1. The number of benzene rings is 3. The molecule has 0 N–H and O–H groups in total. The highest BCUT2D eigenvalue weighted by atomic mass is 79.9. The number of rotatable bonds is 7. The zero-order valence-electron chi connectivity index (χ0n) is 20.4. The van der Waals surface area contributed by atoms with Crippen molar-refractivity contribution in [3.63, 3.8) is 0 Å². The Balaban J connectivity index is 1.95. The van der Waals surface area contributed by atoms with Crippen molar-refractivity contribution >= 4 is 45.3 Å². The zero-order valence-corrected chi connectivity index (χ0v) is 22.0. The van der Waals surface area contributed by atoms with E-state index < -0.39 is 29.2 Å². The lowest BCUT2D eigenvalue weighted by atomic mass is 9.96. The number of hydrogen-bond acceptors (Lipinski definition) is 8. The minimum Gasteiger partial charge on any atom is -0.466 e. The summed E-state index contributed by atoms with van der Waals surface area (Å²) in [6.07, 6.45) is 1.63. The van der Waals surface area contributed by atoms with E-state index in [-0.39, 0.29) is 17.0 Å². The average Bonchev–Trinajstić information content (AvgIpc) is 2.95. The predicted octanol–water partition coefficient (Wildman–Crippen LogP) is 5.57. The molecule has 2 atom stereocenters. The fourth-order valence-electron chi connectivity index (χ4n) is 4.05. The predicted molar refractivity (Wildman–Crippen MR) is 144 cm³/mol. The van der Waals surface area contributed by atoms with Gasteiger partial charge in [-0.3, -0.25) is 10.1 Å². The van der Waals surface area contributed by atoms with Gasteiger partial charge in [-0.1, -0.05) is 52.3 Å². The number of carbonyl (C=O) groups excluding carboxylic acids is 2. The number of methoxy groups -OCH3 is 2. The van der Waals surface area contributed by atoms with Crippen LogP contribution in [0.3, 0.4) is 0 Å². The number of ether oxygens (including phenoxy) is 3. The molecule has 1 aliphatic rings. The Kier molecular flexibility index (Phi) is 8.35. The zero-order chi connectivity index (χ0) is 27.2. The molecule has 1 aliphatic heterocycles. The fourth-order valence-corrected chi connectivity index (χ4v) is 4.32. The molecule has 0 spiro atoms. The number of carbonyl (C=O) groups is 2. The van der Waals surface area contributed by atoms with Crippen LogP contribution < -0.4 is 4.90 Å². The highest BCUT2D eigenvalue weighted by Gasteiger charge is 2.43. The molecular formula is C28H23BrN2O7. The van der Waals surface area contributed by atoms with Crippen LogP contribution >= 0.6 is 15.9 Å². The number of nitro groups is 1. The monoisotopic (exact) mass is 578 g/mol. The number of halogens is 1. The molecule has 38 heavy (non-hydrogen) atoms. The highest BCUT2D eigenvalue weighted by Crippen LogP contribution is 2.41. The molecule has 0 aromatic heterocycles. The van der Waals surface area contributed by atoms with Gasteiger partial charge in [0.1, 0.15) is 17.4 Å². The third kappa shape index (κ3) is 5.66. The largest absolute Gasteiger partial charge is 0.466 e. The van der Waals surface area contributed by atoms with E-state index in [0.29, 0.717) is 11.3 Å². The second-order valence-electron chi connectivity index (χ2n) is 8.12. The summed E-state index contributed by atoms with van der Waals surface area (Å²) < 4.78 is 17.4. The van der Waals surface area contributed by atoms with Crippen LogP contribution in [0.2, 0.25) is 0 Å². The number of esters is 2. The van der Waals surface area contributed by atoms with Crippen molar-refractivity contribution in [2.45, 2.75) is 12.3 Å². The van der Waals surface area contributed by atoms with Crippen molar-refractivity contribution < 1.29 is 28.7 Å². The summed E-state index contributed by atoms with van der Waals surface area (Å²) in [5, 5.41) is 11.2. The molecule has 0 radical (unpaired) electrons. The molecule has 0 saturated carbocycles. The standard InChI is InChI=1S/C28H23BrN2O7/c1-36-27(32)24-25(28(33)37-2)30(21-15-11-20(29)12-16-21)23(17-8-18-6-4-3-5-7-18)38-26(24)19-9-13-22(14-10-19)31(34)35/h3-17,23,26H,1-2H3/b17-8+/t23-,26-/m0/s1. The second kappa shape index (κ2) is 11.8. The lowest BCUT2D eigenvalue weighted by Gasteiger charge is -2.41. The van der Waals surface area contributed by atoms with Crippen molar-refractivity contribution in [3.8, 4) is 0 Å². The van der Waals surface area contributed by atoms with Crippen LogP contribution in [-0.2, 0) is 23.8 Å². The number of hydrogen-bond donors (Lipinski definition) is 0. The SMILES string of the molecule is COC(=O)C1=C(C(=O)OC)N(c2ccc(Br)cc2)[C@H](/C=C/c2ccccc2)O[C@H]1c1ccc([N+](=O)[O-])cc1. The molecular weight excluding hydrogens is 556 g/mol. The Bertz CT molecular complexity index is 1390. The quantitative estimate of drug-likeness (QED) is 0.203. The number of nitrogens with zero attached hydrogens (tertiary/aromatic N) is 2. The van der Waals surface area contributed by atoms with E-state index in [1.165, 1.54) is 38.5 Å². The summed E-state index contributed by atoms with van der Waals surface area (Å²) >= 11 is 3.42. The van der Waals surface area contributed by atoms with Gasteiger partial charge in [-0.2, -0.15) is 0 Å². The van der Waals surface area contributed by atoms with Crippen molar-refractivity contribution in [2.24, 2.45) is 0 Å². The molecule has 0 bridgehead atoms. The van der Waals surface area contributed by atoms with Gasteiger partial charge in [-0.05, 0) is 53.6 Å². The average molecular weight is 579 g/mol. The maximum Gasteiger partial charge on any atom is 0.355 e.